The van der Waals surface area contributed by atoms with Crippen molar-refractivity contribution < 1.29 is 0 Å². The second-order valence-corrected chi connectivity index (χ2v) is 4.12. The fraction of sp³-hybridized carbons (Fsp3) is 0.600. The molecule has 1 saturated heterocycles. The van der Waals surface area contributed by atoms with Gasteiger partial charge in [-0.2, -0.15) is 0 Å². The Morgan fingerprint density at radius 2 is 2.00 bits per heavy atom. The molecule has 0 aliphatic carbocycles. The summed E-state index contributed by atoms with van der Waals surface area (Å²) in [5.41, 5.74) is 3.46. The summed E-state index contributed by atoms with van der Waals surface area (Å²) in [6, 6.07) is 0. The minimum absolute atomic E-state index is 0.599. The largest absolute Gasteiger partial charge is 0.307 e. The number of hydrogen-bond acceptors (Lipinski definition) is 6. The van der Waals surface area contributed by atoms with Crippen molar-refractivity contribution in [2.75, 3.05) is 38.7 Å². The molecular weight excluding hydrogens is 204 g/mol. The molecule has 0 unspecified atom stereocenters. The average molecular weight is 222 g/mol. The molecule has 1 fully saturated rings. The van der Waals surface area contributed by atoms with Gasteiger partial charge in [-0.25, -0.2) is 10.8 Å². The van der Waals surface area contributed by atoms with E-state index in [1.165, 1.54) is 0 Å². The van der Waals surface area contributed by atoms with E-state index in [2.05, 4.69) is 32.2 Å². The van der Waals surface area contributed by atoms with E-state index >= 15 is 0 Å². The molecule has 0 bridgehead atoms. The zero-order chi connectivity index (χ0) is 11.4. The Labute approximate surface area is 95.4 Å². The predicted octanol–water partition coefficient (Wildman–Crippen LogP) is -0.490. The lowest BCUT2D eigenvalue weighted by Gasteiger charge is -2.31. The number of hydrazine groups is 1. The maximum absolute atomic E-state index is 5.23. The number of nitrogens with two attached hydrogens (primary N) is 1. The summed E-state index contributed by atoms with van der Waals surface area (Å²) in [6.07, 6.45) is 3.43. The van der Waals surface area contributed by atoms with Gasteiger partial charge >= 0.3 is 0 Å². The van der Waals surface area contributed by atoms with Crippen molar-refractivity contribution in [1.29, 1.82) is 0 Å². The molecular formula is C10H18N6. The molecule has 0 atom stereocenters. The second-order valence-electron chi connectivity index (χ2n) is 4.12. The van der Waals surface area contributed by atoms with Crippen LogP contribution in [-0.4, -0.2) is 53.0 Å². The standard InChI is InChI=1S/C10H18N6/c1-15-2-4-16(5-3-15)8-9-6-13-10(14-11)7-12-9/h6-7H,2-5,8,11H2,1H3,(H,13,14). The van der Waals surface area contributed by atoms with E-state index in [1.807, 2.05) is 0 Å². The Hall–Kier alpha value is -1.24. The van der Waals surface area contributed by atoms with Crippen molar-refractivity contribution in [3.05, 3.63) is 18.1 Å². The molecule has 1 aromatic rings. The number of nitrogens with zero attached hydrogens (tertiary/aromatic N) is 4. The number of nitrogens with one attached hydrogen (secondary N) is 1. The van der Waals surface area contributed by atoms with Crippen molar-refractivity contribution >= 4 is 5.82 Å². The van der Waals surface area contributed by atoms with E-state index in [9.17, 15) is 0 Å². The van der Waals surface area contributed by atoms with E-state index in [1.54, 1.807) is 12.4 Å². The van der Waals surface area contributed by atoms with Crippen LogP contribution in [0.4, 0.5) is 5.82 Å². The van der Waals surface area contributed by atoms with Gasteiger partial charge < -0.3 is 10.3 Å². The number of hydrogen-bond donors (Lipinski definition) is 2. The molecule has 0 amide bonds. The van der Waals surface area contributed by atoms with E-state index in [4.69, 9.17) is 5.84 Å². The summed E-state index contributed by atoms with van der Waals surface area (Å²) in [7, 11) is 2.15. The molecule has 1 aliphatic rings. The summed E-state index contributed by atoms with van der Waals surface area (Å²) in [5.74, 6) is 5.83. The summed E-state index contributed by atoms with van der Waals surface area (Å²) >= 11 is 0. The Balaban J connectivity index is 1.88. The summed E-state index contributed by atoms with van der Waals surface area (Å²) < 4.78 is 0. The first-order valence-corrected chi connectivity index (χ1v) is 5.46. The summed E-state index contributed by atoms with van der Waals surface area (Å²) in [5, 5.41) is 0. The molecule has 1 aromatic heterocycles. The highest BCUT2D eigenvalue weighted by atomic mass is 15.3. The molecule has 6 nitrogen and oxygen atoms in total. The van der Waals surface area contributed by atoms with Gasteiger partial charge in [-0.3, -0.25) is 9.88 Å². The molecule has 0 aromatic carbocycles. The van der Waals surface area contributed by atoms with Crippen molar-refractivity contribution in [3.8, 4) is 0 Å². The van der Waals surface area contributed by atoms with Gasteiger partial charge in [0.25, 0.3) is 0 Å². The van der Waals surface area contributed by atoms with Gasteiger partial charge in [0.05, 0.1) is 18.1 Å². The molecule has 16 heavy (non-hydrogen) atoms. The monoisotopic (exact) mass is 222 g/mol. The maximum Gasteiger partial charge on any atom is 0.158 e. The molecule has 2 rings (SSSR count). The molecule has 0 saturated carbocycles. The SMILES string of the molecule is CN1CCN(Cc2cnc(NN)cn2)CC1. The Morgan fingerprint density at radius 1 is 1.25 bits per heavy atom. The van der Waals surface area contributed by atoms with E-state index in [0.717, 1.165) is 38.4 Å². The minimum atomic E-state index is 0.599. The fourth-order valence-electron chi connectivity index (χ4n) is 1.75. The smallest absolute Gasteiger partial charge is 0.158 e. The zero-order valence-corrected chi connectivity index (χ0v) is 9.56. The lowest BCUT2D eigenvalue weighted by molar-refractivity contribution is 0.147. The Kier molecular flexibility index (Phi) is 3.66. The summed E-state index contributed by atoms with van der Waals surface area (Å²) in [4.78, 5) is 13.2. The van der Waals surface area contributed by atoms with Crippen LogP contribution in [0.25, 0.3) is 0 Å². The number of nitrogen functional groups attached to an aromatic ring is 1. The first-order chi connectivity index (χ1) is 7.78. The molecule has 0 radical (unpaired) electrons. The van der Waals surface area contributed by atoms with Gasteiger partial charge in [0.1, 0.15) is 0 Å². The highest BCUT2D eigenvalue weighted by molar-refractivity contribution is 5.28. The zero-order valence-electron chi connectivity index (χ0n) is 9.56. The van der Waals surface area contributed by atoms with Crippen LogP contribution < -0.4 is 11.3 Å². The number of anilines is 1. The fourth-order valence-corrected chi connectivity index (χ4v) is 1.75. The quantitative estimate of drug-likeness (QED) is 0.531. The van der Waals surface area contributed by atoms with Crippen molar-refractivity contribution in [3.63, 3.8) is 0 Å². The molecule has 1 aliphatic heterocycles. The third-order valence-electron chi connectivity index (χ3n) is 2.83. The first kappa shape index (κ1) is 11.3. The van der Waals surface area contributed by atoms with Crippen LogP contribution >= 0.6 is 0 Å². The molecule has 6 heteroatoms. The van der Waals surface area contributed by atoms with Crippen molar-refractivity contribution in [2.24, 2.45) is 5.84 Å². The van der Waals surface area contributed by atoms with E-state index in [-0.39, 0.29) is 0 Å². The van der Waals surface area contributed by atoms with Gasteiger partial charge in [-0.15, -0.1) is 0 Å². The predicted molar refractivity (Wildman–Crippen MR) is 62.6 cm³/mol. The van der Waals surface area contributed by atoms with Crippen molar-refractivity contribution in [1.82, 2.24) is 19.8 Å². The van der Waals surface area contributed by atoms with Crippen LogP contribution in [0.1, 0.15) is 5.69 Å². The van der Waals surface area contributed by atoms with Crippen LogP contribution in [0.5, 0.6) is 0 Å². The van der Waals surface area contributed by atoms with Gasteiger partial charge in [0.15, 0.2) is 5.82 Å². The maximum atomic E-state index is 5.23. The molecule has 0 spiro atoms. The number of piperazine rings is 1. The van der Waals surface area contributed by atoms with Gasteiger partial charge in [0.2, 0.25) is 0 Å². The average Bonchev–Trinajstić information content (AvgIpc) is 2.33. The minimum Gasteiger partial charge on any atom is -0.307 e. The number of aromatic nitrogens is 2. The number of likely N-dealkylation sites (N-methyl/N-ethyl adjacent to an activating group) is 1. The Morgan fingerprint density at radius 3 is 2.56 bits per heavy atom. The van der Waals surface area contributed by atoms with Crippen molar-refractivity contribution in [2.45, 2.75) is 6.54 Å². The van der Waals surface area contributed by atoms with Gasteiger partial charge in [-0.05, 0) is 7.05 Å². The van der Waals surface area contributed by atoms with Crippen LogP contribution in [0.15, 0.2) is 12.4 Å². The third-order valence-corrected chi connectivity index (χ3v) is 2.83. The molecule has 3 N–H and O–H groups in total. The topological polar surface area (TPSA) is 70.3 Å². The lowest BCUT2D eigenvalue weighted by Crippen LogP contribution is -2.44. The number of rotatable bonds is 3. The highest BCUT2D eigenvalue weighted by Gasteiger charge is 2.14. The van der Waals surface area contributed by atoms with E-state index in [0.29, 0.717) is 5.82 Å². The highest BCUT2D eigenvalue weighted by Crippen LogP contribution is 2.06. The molecule has 2 heterocycles. The third kappa shape index (κ3) is 2.88. The lowest BCUT2D eigenvalue weighted by atomic mass is 10.3. The van der Waals surface area contributed by atoms with Crippen LogP contribution in [0.2, 0.25) is 0 Å². The summed E-state index contributed by atoms with van der Waals surface area (Å²) in [6.45, 7) is 5.29. The van der Waals surface area contributed by atoms with Gasteiger partial charge in [-0.1, -0.05) is 0 Å². The van der Waals surface area contributed by atoms with Crippen LogP contribution in [0, 0.1) is 0 Å². The van der Waals surface area contributed by atoms with Crippen LogP contribution in [0.3, 0.4) is 0 Å². The Bertz CT molecular complexity index is 317. The van der Waals surface area contributed by atoms with Gasteiger partial charge in [0, 0.05) is 32.7 Å². The van der Waals surface area contributed by atoms with E-state index < -0.39 is 0 Å². The van der Waals surface area contributed by atoms with Crippen LogP contribution in [-0.2, 0) is 6.54 Å². The molecule has 88 valence electrons. The first-order valence-electron chi connectivity index (χ1n) is 5.46. The second kappa shape index (κ2) is 5.20. The normalized spacial score (nSPS) is 18.6.